The molecule has 0 N–H and O–H groups in total. The molecule has 0 amide bonds. The first-order chi connectivity index (χ1) is 12.6. The van der Waals surface area contributed by atoms with E-state index in [4.69, 9.17) is 16.3 Å². The zero-order valence-corrected chi connectivity index (χ0v) is 14.3. The lowest BCUT2D eigenvalue weighted by molar-refractivity contribution is -0.145. The lowest BCUT2D eigenvalue weighted by Crippen LogP contribution is -2.25. The third kappa shape index (κ3) is 3.16. The summed E-state index contributed by atoms with van der Waals surface area (Å²) in [6, 6.07) is 10.5. The minimum absolute atomic E-state index is 0.00783. The maximum Gasteiger partial charge on any atom is 0.326 e. The van der Waals surface area contributed by atoms with Gasteiger partial charge >= 0.3 is 5.97 Å². The second-order valence-electron chi connectivity index (χ2n) is 5.70. The molecule has 0 aliphatic rings. The SMILES string of the molecule is O=C(Cn1cnc2ccccc2c1=O)OCc1cn2cc(Cl)ccc2n1. The first kappa shape index (κ1) is 16.3. The number of hydrogen-bond donors (Lipinski definition) is 0. The van der Waals surface area contributed by atoms with Crippen LogP contribution in [0, 0.1) is 0 Å². The zero-order valence-electron chi connectivity index (χ0n) is 13.5. The Morgan fingerprint density at radius 3 is 2.88 bits per heavy atom. The van der Waals surface area contributed by atoms with Crippen LogP contribution in [0.2, 0.25) is 5.02 Å². The molecule has 0 radical (unpaired) electrons. The Balaban J connectivity index is 1.47. The normalized spacial score (nSPS) is 11.1. The molecule has 130 valence electrons. The quantitative estimate of drug-likeness (QED) is 0.517. The number of para-hydroxylation sites is 1. The average molecular weight is 369 g/mol. The van der Waals surface area contributed by atoms with E-state index >= 15 is 0 Å². The summed E-state index contributed by atoms with van der Waals surface area (Å²) in [5, 5.41) is 1.04. The van der Waals surface area contributed by atoms with Crippen LogP contribution in [-0.2, 0) is 22.7 Å². The number of halogens is 1. The van der Waals surface area contributed by atoms with Crippen LogP contribution in [0.3, 0.4) is 0 Å². The number of benzene rings is 1. The highest BCUT2D eigenvalue weighted by Crippen LogP contribution is 2.12. The summed E-state index contributed by atoms with van der Waals surface area (Å²) in [7, 11) is 0. The molecule has 26 heavy (non-hydrogen) atoms. The fourth-order valence-electron chi connectivity index (χ4n) is 2.64. The predicted octanol–water partition coefficient (Wildman–Crippen LogP) is 2.44. The van der Waals surface area contributed by atoms with Crippen LogP contribution in [0.15, 0.2) is 59.9 Å². The number of fused-ring (bicyclic) bond motifs is 2. The molecule has 0 unspecified atom stereocenters. The van der Waals surface area contributed by atoms with Gasteiger partial charge in [-0.15, -0.1) is 0 Å². The summed E-state index contributed by atoms with van der Waals surface area (Å²) in [5.74, 6) is -0.542. The van der Waals surface area contributed by atoms with Crippen LogP contribution in [0.4, 0.5) is 0 Å². The average Bonchev–Trinajstić information content (AvgIpc) is 3.04. The number of ether oxygens (including phenoxy) is 1. The van der Waals surface area contributed by atoms with Crippen molar-refractivity contribution in [3.05, 3.63) is 76.2 Å². The summed E-state index contributed by atoms with van der Waals surface area (Å²) in [6.07, 6.45) is 4.80. The predicted molar refractivity (Wildman–Crippen MR) is 96.0 cm³/mol. The second-order valence-corrected chi connectivity index (χ2v) is 6.14. The van der Waals surface area contributed by atoms with Crippen molar-refractivity contribution in [2.45, 2.75) is 13.2 Å². The second kappa shape index (κ2) is 6.61. The Morgan fingerprint density at radius 1 is 1.15 bits per heavy atom. The molecule has 0 fully saturated rings. The molecule has 3 heterocycles. The van der Waals surface area contributed by atoms with Crippen molar-refractivity contribution in [1.82, 2.24) is 18.9 Å². The Bertz CT molecular complexity index is 1180. The van der Waals surface area contributed by atoms with Crippen LogP contribution >= 0.6 is 11.6 Å². The smallest absolute Gasteiger partial charge is 0.326 e. The van der Waals surface area contributed by atoms with Crippen molar-refractivity contribution < 1.29 is 9.53 Å². The molecule has 4 aromatic rings. The largest absolute Gasteiger partial charge is 0.458 e. The van der Waals surface area contributed by atoms with Crippen molar-refractivity contribution >= 4 is 34.1 Å². The summed E-state index contributed by atoms with van der Waals surface area (Å²) < 4.78 is 8.21. The summed E-state index contributed by atoms with van der Waals surface area (Å²) >= 11 is 5.93. The highest BCUT2D eigenvalue weighted by atomic mass is 35.5. The number of nitrogens with zero attached hydrogens (tertiary/aromatic N) is 4. The number of carbonyl (C=O) groups excluding carboxylic acids is 1. The van der Waals surface area contributed by atoms with E-state index < -0.39 is 5.97 Å². The molecule has 4 rings (SSSR count). The number of hydrogen-bond acceptors (Lipinski definition) is 5. The minimum atomic E-state index is -0.542. The third-order valence-electron chi connectivity index (χ3n) is 3.88. The molecule has 8 heteroatoms. The van der Waals surface area contributed by atoms with Gasteiger partial charge in [-0.05, 0) is 24.3 Å². The van der Waals surface area contributed by atoms with E-state index in [9.17, 15) is 9.59 Å². The van der Waals surface area contributed by atoms with Crippen molar-refractivity contribution in [3.63, 3.8) is 0 Å². The molecule has 0 aliphatic heterocycles. The van der Waals surface area contributed by atoms with Gasteiger partial charge in [0.2, 0.25) is 0 Å². The van der Waals surface area contributed by atoms with E-state index in [2.05, 4.69) is 9.97 Å². The Morgan fingerprint density at radius 2 is 2.00 bits per heavy atom. The van der Waals surface area contributed by atoms with Crippen molar-refractivity contribution in [3.8, 4) is 0 Å². The molecule has 3 aromatic heterocycles. The van der Waals surface area contributed by atoms with Crippen LogP contribution in [-0.4, -0.2) is 24.9 Å². The molecule has 0 atom stereocenters. The van der Waals surface area contributed by atoms with Gasteiger partial charge in [0.1, 0.15) is 18.8 Å². The summed E-state index contributed by atoms with van der Waals surface area (Å²) in [4.78, 5) is 33.0. The first-order valence-electron chi connectivity index (χ1n) is 7.83. The standard InChI is InChI=1S/C18H13ClN4O3/c19-12-5-6-16-21-13(8-22(16)7-12)10-26-17(24)9-23-11-20-15-4-2-1-3-14(15)18(23)25/h1-8,11H,9-10H2. The molecule has 0 saturated carbocycles. The molecule has 0 aliphatic carbocycles. The summed E-state index contributed by atoms with van der Waals surface area (Å²) in [5.41, 5.74) is 1.60. The number of aromatic nitrogens is 4. The van der Waals surface area contributed by atoms with Crippen LogP contribution in [0.25, 0.3) is 16.6 Å². The van der Waals surface area contributed by atoms with E-state index in [0.29, 0.717) is 27.3 Å². The zero-order chi connectivity index (χ0) is 18.1. The van der Waals surface area contributed by atoms with Gasteiger partial charge in [0.25, 0.3) is 5.56 Å². The number of pyridine rings is 1. The molecule has 1 aromatic carbocycles. The number of esters is 1. The van der Waals surface area contributed by atoms with Gasteiger partial charge in [0.15, 0.2) is 0 Å². The number of imidazole rings is 1. The van der Waals surface area contributed by atoms with Crippen LogP contribution < -0.4 is 5.56 Å². The van der Waals surface area contributed by atoms with Gasteiger partial charge in [-0.25, -0.2) is 9.97 Å². The molecule has 0 spiro atoms. The molecule has 0 saturated heterocycles. The molecular weight excluding hydrogens is 356 g/mol. The lowest BCUT2D eigenvalue weighted by Gasteiger charge is -2.06. The fraction of sp³-hybridized carbons (Fsp3) is 0.111. The monoisotopic (exact) mass is 368 g/mol. The van der Waals surface area contributed by atoms with Gasteiger partial charge in [-0.3, -0.25) is 14.2 Å². The highest BCUT2D eigenvalue weighted by Gasteiger charge is 2.10. The first-order valence-corrected chi connectivity index (χ1v) is 8.21. The maximum absolute atomic E-state index is 12.4. The highest BCUT2D eigenvalue weighted by molar-refractivity contribution is 6.30. The van der Waals surface area contributed by atoms with E-state index in [0.717, 1.165) is 0 Å². The van der Waals surface area contributed by atoms with Gasteiger partial charge in [-0.1, -0.05) is 23.7 Å². The van der Waals surface area contributed by atoms with E-state index in [1.54, 1.807) is 53.2 Å². The minimum Gasteiger partial charge on any atom is -0.458 e. The van der Waals surface area contributed by atoms with Crippen molar-refractivity contribution in [1.29, 1.82) is 0 Å². The van der Waals surface area contributed by atoms with Crippen molar-refractivity contribution in [2.75, 3.05) is 0 Å². The van der Waals surface area contributed by atoms with E-state index in [1.807, 2.05) is 0 Å². The van der Waals surface area contributed by atoms with Gasteiger partial charge < -0.3 is 9.14 Å². The van der Waals surface area contributed by atoms with Crippen molar-refractivity contribution in [2.24, 2.45) is 0 Å². The Hall–Kier alpha value is -3.19. The fourth-order valence-corrected chi connectivity index (χ4v) is 2.81. The third-order valence-corrected chi connectivity index (χ3v) is 4.10. The Kier molecular flexibility index (Phi) is 4.14. The Labute approximate surface area is 152 Å². The van der Waals surface area contributed by atoms with E-state index in [1.165, 1.54) is 10.9 Å². The van der Waals surface area contributed by atoms with Crippen LogP contribution in [0.1, 0.15) is 5.69 Å². The molecular formula is C18H13ClN4O3. The summed E-state index contributed by atoms with van der Waals surface area (Å²) in [6.45, 7) is -0.205. The maximum atomic E-state index is 12.4. The number of rotatable bonds is 4. The lowest BCUT2D eigenvalue weighted by atomic mass is 10.2. The number of carbonyl (C=O) groups is 1. The van der Waals surface area contributed by atoms with Gasteiger partial charge in [-0.2, -0.15) is 0 Å². The van der Waals surface area contributed by atoms with Gasteiger partial charge in [0.05, 0.1) is 27.9 Å². The topological polar surface area (TPSA) is 78.5 Å². The molecule has 7 nitrogen and oxygen atoms in total. The van der Waals surface area contributed by atoms with E-state index in [-0.39, 0.29) is 18.7 Å². The van der Waals surface area contributed by atoms with Gasteiger partial charge in [0, 0.05) is 12.4 Å². The molecule has 0 bridgehead atoms. The van der Waals surface area contributed by atoms with Crippen LogP contribution in [0.5, 0.6) is 0 Å².